The maximum atomic E-state index is 12.4. The SMILES string of the molecule is CC(C)(CCO[PH](=O)OCCC(C)(C)C1(C)C=CC=CC1=O)C1(C)C=CC=CC1=O. The predicted octanol–water partition coefficient (Wildman–Crippen LogP) is 5.64. The molecule has 0 aromatic carbocycles. The molecule has 2 atom stereocenters. The summed E-state index contributed by atoms with van der Waals surface area (Å²) in [7, 11) is -2.64. The minimum atomic E-state index is -2.64. The van der Waals surface area contributed by atoms with Crippen molar-refractivity contribution in [3.05, 3.63) is 48.6 Å². The van der Waals surface area contributed by atoms with Crippen LogP contribution in [0, 0.1) is 21.7 Å². The Bertz CT molecular complexity index is 751. The van der Waals surface area contributed by atoms with Gasteiger partial charge in [0.25, 0.3) is 0 Å². The number of ketones is 2. The smallest absolute Gasteiger partial charge is 0.311 e. The molecule has 0 aliphatic heterocycles. The van der Waals surface area contributed by atoms with Gasteiger partial charge in [-0.1, -0.05) is 64.2 Å². The molecule has 0 bridgehead atoms. The quantitative estimate of drug-likeness (QED) is 0.416. The van der Waals surface area contributed by atoms with Crippen molar-refractivity contribution in [1.29, 1.82) is 0 Å². The second-order valence-corrected chi connectivity index (χ2v) is 10.9. The van der Waals surface area contributed by atoms with Crippen LogP contribution in [0.15, 0.2) is 48.6 Å². The molecule has 30 heavy (non-hydrogen) atoms. The van der Waals surface area contributed by atoms with Crippen molar-refractivity contribution in [2.24, 2.45) is 21.7 Å². The van der Waals surface area contributed by atoms with Crippen LogP contribution in [-0.4, -0.2) is 24.8 Å². The van der Waals surface area contributed by atoms with E-state index in [-0.39, 0.29) is 35.6 Å². The maximum Gasteiger partial charge on any atom is 0.319 e. The lowest BCUT2D eigenvalue weighted by molar-refractivity contribution is -0.127. The van der Waals surface area contributed by atoms with E-state index in [1.807, 2.05) is 65.8 Å². The summed E-state index contributed by atoms with van der Waals surface area (Å²) in [6.45, 7) is 12.4. The zero-order valence-electron chi connectivity index (χ0n) is 19.0. The van der Waals surface area contributed by atoms with Gasteiger partial charge < -0.3 is 9.05 Å². The van der Waals surface area contributed by atoms with Gasteiger partial charge in [0.1, 0.15) is 0 Å². The van der Waals surface area contributed by atoms with E-state index in [4.69, 9.17) is 9.05 Å². The minimum absolute atomic E-state index is 0.0655. The molecule has 6 heteroatoms. The Balaban J connectivity index is 1.80. The molecule has 0 heterocycles. The largest absolute Gasteiger partial charge is 0.319 e. The molecular weight excluding hydrogens is 399 g/mol. The lowest BCUT2D eigenvalue weighted by atomic mass is 9.61. The molecule has 2 rings (SSSR count). The van der Waals surface area contributed by atoms with Crippen LogP contribution >= 0.6 is 8.25 Å². The molecule has 0 saturated heterocycles. The van der Waals surface area contributed by atoms with Gasteiger partial charge in [-0.05, 0) is 49.7 Å². The average Bonchev–Trinajstić information content (AvgIpc) is 2.66. The Labute approximate surface area is 181 Å². The molecule has 2 unspecified atom stereocenters. The van der Waals surface area contributed by atoms with E-state index in [2.05, 4.69) is 0 Å². The molecule has 0 amide bonds. The van der Waals surface area contributed by atoms with Gasteiger partial charge in [-0.15, -0.1) is 0 Å². The summed E-state index contributed by atoms with van der Waals surface area (Å²) >= 11 is 0. The Morgan fingerprint density at radius 1 is 0.767 bits per heavy atom. The van der Waals surface area contributed by atoms with E-state index in [1.165, 1.54) is 0 Å². The molecule has 2 aliphatic rings. The first-order chi connectivity index (χ1) is 13.9. The minimum Gasteiger partial charge on any atom is -0.311 e. The first kappa shape index (κ1) is 24.7. The van der Waals surface area contributed by atoms with Crippen molar-refractivity contribution in [3.8, 4) is 0 Å². The number of rotatable bonds is 10. The third kappa shape index (κ3) is 5.01. The number of carbonyl (C=O) groups excluding carboxylic acids is 2. The van der Waals surface area contributed by atoms with Gasteiger partial charge in [-0.3, -0.25) is 14.2 Å². The van der Waals surface area contributed by atoms with E-state index < -0.39 is 19.1 Å². The normalized spacial score (nSPS) is 27.7. The van der Waals surface area contributed by atoms with Crippen LogP contribution in [0.4, 0.5) is 0 Å². The van der Waals surface area contributed by atoms with Crippen molar-refractivity contribution in [1.82, 2.24) is 0 Å². The summed E-state index contributed by atoms with van der Waals surface area (Å²) in [6.07, 6.45) is 15.5. The summed E-state index contributed by atoms with van der Waals surface area (Å²) in [6, 6.07) is 0. The van der Waals surface area contributed by atoms with E-state index in [1.54, 1.807) is 24.3 Å². The Morgan fingerprint density at radius 3 is 1.47 bits per heavy atom. The third-order valence-electron chi connectivity index (χ3n) is 7.31. The van der Waals surface area contributed by atoms with E-state index in [9.17, 15) is 14.2 Å². The van der Waals surface area contributed by atoms with Gasteiger partial charge in [-0.2, -0.15) is 0 Å². The summed E-state index contributed by atoms with van der Waals surface area (Å²) in [4.78, 5) is 24.8. The second-order valence-electron chi connectivity index (χ2n) is 9.78. The van der Waals surface area contributed by atoms with Crippen molar-refractivity contribution >= 4 is 19.8 Å². The lowest BCUT2D eigenvalue weighted by Crippen LogP contribution is -2.41. The van der Waals surface area contributed by atoms with Gasteiger partial charge in [0.05, 0.1) is 24.0 Å². The molecule has 0 aromatic heterocycles. The number of hydrogen-bond donors (Lipinski definition) is 0. The zero-order valence-corrected chi connectivity index (χ0v) is 20.0. The summed E-state index contributed by atoms with van der Waals surface area (Å²) in [5, 5.41) is 0. The monoisotopic (exact) mass is 434 g/mol. The molecule has 2 aliphatic carbocycles. The molecule has 0 radical (unpaired) electrons. The zero-order chi connectivity index (χ0) is 22.6. The molecule has 0 spiro atoms. The lowest BCUT2D eigenvalue weighted by Gasteiger charge is -2.41. The summed E-state index contributed by atoms with van der Waals surface area (Å²) in [5.74, 6) is 0.131. The third-order valence-corrected chi connectivity index (χ3v) is 8.19. The van der Waals surface area contributed by atoms with Gasteiger partial charge in [0, 0.05) is 0 Å². The van der Waals surface area contributed by atoms with Crippen molar-refractivity contribution < 1.29 is 23.2 Å². The molecule has 0 N–H and O–H groups in total. The number of allylic oxidation sites excluding steroid dienone is 8. The molecule has 5 nitrogen and oxygen atoms in total. The Kier molecular flexibility index (Phi) is 7.66. The summed E-state index contributed by atoms with van der Waals surface area (Å²) < 4.78 is 23.1. The van der Waals surface area contributed by atoms with Crippen LogP contribution < -0.4 is 0 Å². The van der Waals surface area contributed by atoms with Crippen LogP contribution in [0.3, 0.4) is 0 Å². The highest BCUT2D eigenvalue weighted by Gasteiger charge is 2.45. The number of carbonyl (C=O) groups is 2. The average molecular weight is 435 g/mol. The summed E-state index contributed by atoms with van der Waals surface area (Å²) in [5.41, 5.74) is -1.94. The van der Waals surface area contributed by atoms with Crippen LogP contribution in [0.2, 0.25) is 0 Å². The van der Waals surface area contributed by atoms with Crippen molar-refractivity contribution in [2.75, 3.05) is 13.2 Å². The molecular formula is C24H35O5P. The topological polar surface area (TPSA) is 69.7 Å². The Morgan fingerprint density at radius 2 is 1.13 bits per heavy atom. The first-order valence-electron chi connectivity index (χ1n) is 10.5. The van der Waals surface area contributed by atoms with Gasteiger partial charge in [-0.25, -0.2) is 0 Å². The van der Waals surface area contributed by atoms with Gasteiger partial charge in [0.15, 0.2) is 11.6 Å². The predicted molar refractivity (Wildman–Crippen MR) is 120 cm³/mol. The standard InChI is InChI=1S/C24H35O5P/c1-21(2,23(5)13-9-7-11-19(23)25)15-17-28-30(27)29-18-16-22(3,4)24(6)14-10-8-12-20(24)26/h7-14,30H,15-18H2,1-6H3. The van der Waals surface area contributed by atoms with Gasteiger partial charge in [0.2, 0.25) is 0 Å². The highest BCUT2D eigenvalue weighted by molar-refractivity contribution is 7.33. The first-order valence-corrected chi connectivity index (χ1v) is 11.7. The molecule has 166 valence electrons. The maximum absolute atomic E-state index is 12.4. The molecule has 0 aromatic rings. The van der Waals surface area contributed by atoms with Crippen LogP contribution in [0.1, 0.15) is 54.4 Å². The van der Waals surface area contributed by atoms with Crippen LogP contribution in [0.5, 0.6) is 0 Å². The van der Waals surface area contributed by atoms with Crippen LogP contribution in [0.25, 0.3) is 0 Å². The fourth-order valence-electron chi connectivity index (χ4n) is 3.75. The number of hydrogen-bond acceptors (Lipinski definition) is 5. The molecule has 0 fully saturated rings. The van der Waals surface area contributed by atoms with E-state index >= 15 is 0 Å². The fraction of sp³-hybridized carbons (Fsp3) is 0.583. The van der Waals surface area contributed by atoms with Gasteiger partial charge >= 0.3 is 8.25 Å². The fourth-order valence-corrected chi connectivity index (χ4v) is 4.37. The van der Waals surface area contributed by atoms with Crippen molar-refractivity contribution in [2.45, 2.75) is 54.4 Å². The highest BCUT2D eigenvalue weighted by atomic mass is 31.1. The Hall–Kier alpha value is -1.55. The highest BCUT2D eigenvalue weighted by Crippen LogP contribution is 2.47. The second kappa shape index (κ2) is 9.30. The van der Waals surface area contributed by atoms with Crippen molar-refractivity contribution in [3.63, 3.8) is 0 Å². The van der Waals surface area contributed by atoms with E-state index in [0.29, 0.717) is 12.8 Å². The van der Waals surface area contributed by atoms with E-state index in [0.717, 1.165) is 0 Å². The molecule has 0 saturated carbocycles. The van der Waals surface area contributed by atoms with Crippen LogP contribution in [-0.2, 0) is 23.2 Å².